The van der Waals surface area contributed by atoms with Gasteiger partial charge in [-0.3, -0.25) is 9.48 Å². The molecule has 2 aromatic heterocycles. The second-order valence-corrected chi connectivity index (χ2v) is 6.25. The average Bonchev–Trinajstić information content (AvgIpc) is 3.21. The van der Waals surface area contributed by atoms with Gasteiger partial charge in [-0.15, -0.1) is 5.10 Å². The molecule has 2 aromatic rings. The van der Waals surface area contributed by atoms with E-state index in [1.165, 1.54) is 16.9 Å². The van der Waals surface area contributed by atoms with E-state index in [0.717, 1.165) is 32.0 Å². The van der Waals surface area contributed by atoms with Crippen LogP contribution in [0, 0.1) is 17.7 Å². The molecule has 0 N–H and O–H groups in total. The summed E-state index contributed by atoms with van der Waals surface area (Å²) in [7, 11) is 1.75. The summed E-state index contributed by atoms with van der Waals surface area (Å²) in [6, 6.07) is 3.14. The van der Waals surface area contributed by atoms with Gasteiger partial charge >= 0.3 is 0 Å². The molecule has 2 aliphatic rings. The fourth-order valence-corrected chi connectivity index (χ4v) is 3.51. The molecule has 4 heterocycles. The van der Waals surface area contributed by atoms with Crippen molar-refractivity contribution in [2.45, 2.75) is 0 Å². The van der Waals surface area contributed by atoms with Crippen LogP contribution in [0.2, 0.25) is 0 Å². The van der Waals surface area contributed by atoms with E-state index in [-0.39, 0.29) is 11.7 Å². The highest BCUT2D eigenvalue weighted by molar-refractivity contribution is 5.92. The molecule has 4 rings (SSSR count). The molecule has 0 aliphatic carbocycles. The van der Waals surface area contributed by atoms with E-state index in [2.05, 4.69) is 20.2 Å². The third-order valence-electron chi connectivity index (χ3n) is 4.63. The van der Waals surface area contributed by atoms with Crippen molar-refractivity contribution in [3.05, 3.63) is 36.0 Å². The Morgan fingerprint density at radius 2 is 1.96 bits per heavy atom. The van der Waals surface area contributed by atoms with E-state index in [9.17, 15) is 9.18 Å². The Morgan fingerprint density at radius 1 is 1.22 bits per heavy atom. The number of anilines is 1. The molecular weight excluding hydrogens is 299 g/mol. The predicted molar refractivity (Wildman–Crippen MR) is 80.3 cm³/mol. The molecule has 23 heavy (non-hydrogen) atoms. The van der Waals surface area contributed by atoms with Crippen molar-refractivity contribution >= 4 is 11.7 Å². The number of halogens is 1. The van der Waals surface area contributed by atoms with Crippen LogP contribution in [0.4, 0.5) is 10.2 Å². The van der Waals surface area contributed by atoms with Crippen LogP contribution in [0.15, 0.2) is 24.5 Å². The number of rotatable bonds is 2. The number of pyridine rings is 1. The van der Waals surface area contributed by atoms with E-state index >= 15 is 0 Å². The highest BCUT2D eigenvalue weighted by Gasteiger charge is 2.42. The molecular formula is C15H17FN6O. The molecule has 120 valence electrons. The smallest absolute Gasteiger partial charge is 0.276 e. The summed E-state index contributed by atoms with van der Waals surface area (Å²) in [5.74, 6) is 1.25. The molecule has 2 atom stereocenters. The maximum atomic E-state index is 13.0. The van der Waals surface area contributed by atoms with Crippen LogP contribution in [-0.2, 0) is 7.05 Å². The fourth-order valence-electron chi connectivity index (χ4n) is 3.51. The lowest BCUT2D eigenvalue weighted by Gasteiger charge is -2.21. The summed E-state index contributed by atoms with van der Waals surface area (Å²) < 4.78 is 14.5. The number of aryl methyl sites for hydroxylation is 1. The van der Waals surface area contributed by atoms with Crippen molar-refractivity contribution < 1.29 is 9.18 Å². The van der Waals surface area contributed by atoms with E-state index < -0.39 is 0 Å². The maximum Gasteiger partial charge on any atom is 0.276 e. The van der Waals surface area contributed by atoms with E-state index in [0.29, 0.717) is 17.5 Å². The predicted octanol–water partition coefficient (Wildman–Crippen LogP) is 0.558. The summed E-state index contributed by atoms with van der Waals surface area (Å²) >= 11 is 0. The van der Waals surface area contributed by atoms with Crippen LogP contribution in [0.3, 0.4) is 0 Å². The maximum absolute atomic E-state index is 13.0. The zero-order chi connectivity index (χ0) is 16.0. The Hall–Kier alpha value is -2.51. The number of hydrogen-bond acceptors (Lipinski definition) is 5. The number of carbonyl (C=O) groups excluding carboxylic acids is 1. The van der Waals surface area contributed by atoms with Crippen LogP contribution >= 0.6 is 0 Å². The molecule has 7 nitrogen and oxygen atoms in total. The van der Waals surface area contributed by atoms with Gasteiger partial charge < -0.3 is 9.80 Å². The third kappa shape index (κ3) is 2.54. The van der Waals surface area contributed by atoms with Crippen LogP contribution in [0.25, 0.3) is 0 Å². The Kier molecular flexibility index (Phi) is 3.24. The number of fused-ring (bicyclic) bond motifs is 1. The molecule has 0 aromatic carbocycles. The monoisotopic (exact) mass is 316 g/mol. The Morgan fingerprint density at radius 3 is 2.52 bits per heavy atom. The molecule has 2 unspecified atom stereocenters. The Bertz CT molecular complexity index is 716. The first-order chi connectivity index (χ1) is 11.1. The van der Waals surface area contributed by atoms with E-state index in [1.54, 1.807) is 19.3 Å². The quantitative estimate of drug-likeness (QED) is 0.810. The van der Waals surface area contributed by atoms with Gasteiger partial charge in [0.2, 0.25) is 0 Å². The zero-order valence-electron chi connectivity index (χ0n) is 12.8. The van der Waals surface area contributed by atoms with Gasteiger partial charge in [0, 0.05) is 45.1 Å². The molecule has 0 bridgehead atoms. The van der Waals surface area contributed by atoms with E-state index in [4.69, 9.17) is 0 Å². The first-order valence-corrected chi connectivity index (χ1v) is 7.62. The van der Waals surface area contributed by atoms with Crippen LogP contribution in [0.1, 0.15) is 10.5 Å². The largest absolute Gasteiger partial charge is 0.356 e. The second-order valence-electron chi connectivity index (χ2n) is 6.25. The van der Waals surface area contributed by atoms with Crippen molar-refractivity contribution in [2.75, 3.05) is 31.1 Å². The molecule has 0 spiro atoms. The minimum Gasteiger partial charge on any atom is -0.356 e. The summed E-state index contributed by atoms with van der Waals surface area (Å²) in [5, 5.41) is 7.70. The highest BCUT2D eigenvalue weighted by atomic mass is 19.1. The van der Waals surface area contributed by atoms with Gasteiger partial charge in [0.15, 0.2) is 5.69 Å². The summed E-state index contributed by atoms with van der Waals surface area (Å²) in [5.41, 5.74) is 0.393. The normalized spacial score (nSPS) is 23.4. The number of likely N-dealkylation sites (tertiary alicyclic amines) is 1. The lowest BCUT2D eigenvalue weighted by Crippen LogP contribution is -2.33. The average molecular weight is 316 g/mol. The van der Waals surface area contributed by atoms with Gasteiger partial charge in [0.1, 0.15) is 11.6 Å². The van der Waals surface area contributed by atoms with Gasteiger partial charge in [-0.25, -0.2) is 9.37 Å². The van der Waals surface area contributed by atoms with Gasteiger partial charge in [-0.2, -0.15) is 0 Å². The number of aromatic nitrogens is 4. The molecule has 2 aliphatic heterocycles. The molecule has 0 saturated carbocycles. The first kappa shape index (κ1) is 14.1. The first-order valence-electron chi connectivity index (χ1n) is 7.62. The van der Waals surface area contributed by atoms with Crippen molar-refractivity contribution in [3.8, 4) is 0 Å². The Balaban J connectivity index is 1.42. The van der Waals surface area contributed by atoms with Crippen LogP contribution in [-0.4, -0.2) is 57.0 Å². The molecule has 8 heteroatoms. The lowest BCUT2D eigenvalue weighted by atomic mass is 10.0. The molecule has 0 radical (unpaired) electrons. The van der Waals surface area contributed by atoms with Crippen molar-refractivity contribution in [3.63, 3.8) is 0 Å². The van der Waals surface area contributed by atoms with Gasteiger partial charge in [-0.05, 0) is 12.1 Å². The third-order valence-corrected chi connectivity index (χ3v) is 4.63. The lowest BCUT2D eigenvalue weighted by molar-refractivity contribution is 0.0776. The van der Waals surface area contributed by atoms with Crippen molar-refractivity contribution in [1.29, 1.82) is 0 Å². The number of hydrogen-bond donors (Lipinski definition) is 0. The summed E-state index contributed by atoms with van der Waals surface area (Å²) in [6.45, 7) is 3.12. The van der Waals surface area contributed by atoms with Crippen LogP contribution in [0.5, 0.6) is 0 Å². The molecule has 2 fully saturated rings. The minimum atomic E-state index is -0.325. The standard InChI is InChI=1S/C15H17FN6O/c1-20-9-13(18-19-20)15(23)22-7-10-5-21(6-11(10)8-22)14-3-2-12(16)4-17-14/h2-4,9-11H,5-8H2,1H3. The molecule has 1 amide bonds. The molecule has 2 saturated heterocycles. The van der Waals surface area contributed by atoms with Crippen molar-refractivity contribution in [1.82, 2.24) is 24.9 Å². The number of nitrogens with zero attached hydrogens (tertiary/aromatic N) is 6. The second kappa shape index (κ2) is 5.29. The van der Waals surface area contributed by atoms with Gasteiger partial charge in [-0.1, -0.05) is 5.21 Å². The fraction of sp³-hybridized carbons (Fsp3) is 0.467. The summed E-state index contributed by atoms with van der Waals surface area (Å²) in [4.78, 5) is 20.6. The number of carbonyl (C=O) groups is 1. The Labute approximate surface area is 132 Å². The van der Waals surface area contributed by atoms with Gasteiger partial charge in [0.25, 0.3) is 5.91 Å². The van der Waals surface area contributed by atoms with Gasteiger partial charge in [0.05, 0.1) is 12.4 Å². The van der Waals surface area contributed by atoms with Crippen LogP contribution < -0.4 is 4.90 Å². The zero-order valence-corrected chi connectivity index (χ0v) is 12.8. The van der Waals surface area contributed by atoms with E-state index in [1.807, 2.05) is 4.90 Å². The minimum absolute atomic E-state index is 0.0565. The SMILES string of the molecule is Cn1cc(C(=O)N2CC3CN(c4ccc(F)cn4)CC3C2)nn1. The highest BCUT2D eigenvalue weighted by Crippen LogP contribution is 2.33. The van der Waals surface area contributed by atoms with Crippen molar-refractivity contribution in [2.24, 2.45) is 18.9 Å². The summed E-state index contributed by atoms with van der Waals surface area (Å²) in [6.07, 6.45) is 2.89. The number of amides is 1. The topological polar surface area (TPSA) is 67.2 Å².